The lowest BCUT2D eigenvalue weighted by Gasteiger charge is -2.28. The molecule has 2 N–H and O–H groups in total. The lowest BCUT2D eigenvalue weighted by atomic mass is 9.83. The van der Waals surface area contributed by atoms with Gasteiger partial charge in [-0.25, -0.2) is 0 Å². The third-order valence-corrected chi connectivity index (χ3v) is 6.12. The number of nitrogens with two attached hydrogens (primary N) is 1. The molecule has 174 valence electrons. The van der Waals surface area contributed by atoms with Crippen LogP contribution in [0.25, 0.3) is 0 Å². The Morgan fingerprint density at radius 1 is 1.18 bits per heavy atom. The summed E-state index contributed by atoms with van der Waals surface area (Å²) in [7, 11) is 4.52. The normalized spacial score (nSPS) is 19.5. The fourth-order valence-corrected chi connectivity index (χ4v) is 4.51. The van der Waals surface area contributed by atoms with Gasteiger partial charge in [0.1, 0.15) is 17.4 Å². The number of pyridine rings is 1. The van der Waals surface area contributed by atoms with Crippen molar-refractivity contribution >= 4 is 0 Å². The van der Waals surface area contributed by atoms with E-state index in [0.29, 0.717) is 47.3 Å². The van der Waals surface area contributed by atoms with E-state index in [1.165, 1.54) is 21.3 Å². The van der Waals surface area contributed by atoms with Crippen LogP contribution < -0.4 is 30.2 Å². The van der Waals surface area contributed by atoms with Gasteiger partial charge in [0.25, 0.3) is 5.56 Å². The zero-order valence-corrected chi connectivity index (χ0v) is 19.1. The lowest BCUT2D eigenvalue weighted by Crippen LogP contribution is -2.35. The second-order valence-corrected chi connectivity index (χ2v) is 8.00. The van der Waals surface area contributed by atoms with Crippen molar-refractivity contribution in [2.45, 2.75) is 38.3 Å². The molecule has 33 heavy (non-hydrogen) atoms. The molecule has 0 aliphatic carbocycles. The summed E-state index contributed by atoms with van der Waals surface area (Å²) in [4.78, 5) is 13.8. The molecule has 1 aromatic heterocycles. The smallest absolute Gasteiger partial charge is 0.258 e. The second kappa shape index (κ2) is 9.08. The number of allylic oxidation sites excluding steroid dienone is 1. The first-order valence-electron chi connectivity index (χ1n) is 10.7. The number of aromatic nitrogens is 1. The minimum Gasteiger partial charge on any atom is -0.493 e. The summed E-state index contributed by atoms with van der Waals surface area (Å²) in [5.74, 6) is 0.739. The molecule has 0 spiro atoms. The molecule has 2 atom stereocenters. The summed E-state index contributed by atoms with van der Waals surface area (Å²) in [5, 5.41) is 9.93. The van der Waals surface area contributed by atoms with Crippen molar-refractivity contribution in [2.24, 2.45) is 5.73 Å². The van der Waals surface area contributed by atoms with Crippen LogP contribution in [0.2, 0.25) is 0 Å². The third-order valence-electron chi connectivity index (χ3n) is 6.12. The number of methoxy groups -OCH3 is 3. The Hall–Kier alpha value is -3.64. The van der Waals surface area contributed by atoms with Crippen LogP contribution in [0, 0.1) is 18.3 Å². The maximum absolute atomic E-state index is 13.8. The Morgan fingerprint density at radius 2 is 1.88 bits per heavy atom. The molecule has 9 nitrogen and oxygen atoms in total. The number of aryl methyl sites for hydroxylation is 1. The Balaban J connectivity index is 1.94. The quantitative estimate of drug-likeness (QED) is 0.709. The van der Waals surface area contributed by atoms with Gasteiger partial charge in [-0.15, -0.1) is 0 Å². The minimum absolute atomic E-state index is 0.0281. The summed E-state index contributed by atoms with van der Waals surface area (Å²) in [6.07, 6.45) is 1.84. The second-order valence-electron chi connectivity index (χ2n) is 8.00. The minimum atomic E-state index is -0.767. The molecular formula is C24H27N3O6. The van der Waals surface area contributed by atoms with Gasteiger partial charge >= 0.3 is 0 Å². The number of nitriles is 1. The molecule has 0 amide bonds. The van der Waals surface area contributed by atoms with Crippen molar-refractivity contribution in [1.29, 1.82) is 5.26 Å². The average Bonchev–Trinajstić information content (AvgIpc) is 3.33. The van der Waals surface area contributed by atoms with Gasteiger partial charge in [-0.1, -0.05) is 0 Å². The molecule has 3 heterocycles. The zero-order valence-electron chi connectivity index (χ0n) is 19.1. The molecule has 2 aromatic rings. The standard InChI is InChI=1S/C24H27N3O6/c1-13-8-17-21(24(28)27(13)12-15-6-5-7-32-15)20(16(11-25)23(26)33-17)14-9-18(29-2)22(31-4)19(10-14)30-3/h8-10,15,20H,5-7,12,26H2,1-4H3. The Kier molecular flexibility index (Phi) is 6.20. The van der Waals surface area contributed by atoms with Crippen LogP contribution in [0.1, 0.15) is 35.6 Å². The van der Waals surface area contributed by atoms with Crippen LogP contribution in [0.4, 0.5) is 0 Å². The van der Waals surface area contributed by atoms with Crippen LogP contribution in [0.5, 0.6) is 23.0 Å². The summed E-state index contributed by atoms with van der Waals surface area (Å²) in [6.45, 7) is 2.97. The first-order valence-corrected chi connectivity index (χ1v) is 10.7. The topological polar surface area (TPSA) is 118 Å². The summed E-state index contributed by atoms with van der Waals surface area (Å²) >= 11 is 0. The van der Waals surface area contributed by atoms with Gasteiger partial charge in [-0.05, 0) is 37.5 Å². The van der Waals surface area contributed by atoms with Gasteiger partial charge in [0.2, 0.25) is 11.6 Å². The predicted octanol–water partition coefficient (Wildman–Crippen LogP) is 2.58. The van der Waals surface area contributed by atoms with E-state index in [4.69, 9.17) is 29.4 Å². The Labute approximate surface area is 191 Å². The molecule has 0 radical (unpaired) electrons. The van der Waals surface area contributed by atoms with Gasteiger partial charge in [0, 0.05) is 18.4 Å². The molecule has 4 rings (SSSR count). The molecular weight excluding hydrogens is 426 g/mol. The number of ether oxygens (including phenoxy) is 5. The highest BCUT2D eigenvalue weighted by atomic mass is 16.5. The average molecular weight is 453 g/mol. The van der Waals surface area contributed by atoms with Crippen LogP contribution in [0.3, 0.4) is 0 Å². The van der Waals surface area contributed by atoms with Crippen molar-refractivity contribution in [3.63, 3.8) is 0 Å². The monoisotopic (exact) mass is 453 g/mol. The third kappa shape index (κ3) is 3.87. The summed E-state index contributed by atoms with van der Waals surface area (Å²) < 4.78 is 29.6. The van der Waals surface area contributed by atoms with Crippen molar-refractivity contribution in [1.82, 2.24) is 4.57 Å². The van der Waals surface area contributed by atoms with Gasteiger partial charge in [-0.3, -0.25) is 4.79 Å². The maximum Gasteiger partial charge on any atom is 0.258 e. The van der Waals surface area contributed by atoms with E-state index in [-0.39, 0.29) is 23.1 Å². The molecule has 2 aliphatic heterocycles. The van der Waals surface area contributed by atoms with Gasteiger partial charge in [-0.2, -0.15) is 5.26 Å². The maximum atomic E-state index is 13.8. The first kappa shape index (κ1) is 22.6. The Morgan fingerprint density at radius 3 is 2.42 bits per heavy atom. The molecule has 1 fully saturated rings. The molecule has 1 saturated heterocycles. The number of hydrogen-bond donors (Lipinski definition) is 1. The van der Waals surface area contributed by atoms with E-state index in [0.717, 1.165) is 18.5 Å². The van der Waals surface area contributed by atoms with Gasteiger partial charge in [0.15, 0.2) is 11.5 Å². The molecule has 0 bridgehead atoms. The van der Waals surface area contributed by atoms with E-state index < -0.39 is 5.92 Å². The summed E-state index contributed by atoms with van der Waals surface area (Å²) in [5.41, 5.74) is 7.66. The fraction of sp³-hybridized carbons (Fsp3) is 0.417. The van der Waals surface area contributed by atoms with E-state index in [1.54, 1.807) is 22.8 Å². The number of rotatable bonds is 6. The first-order chi connectivity index (χ1) is 15.9. The van der Waals surface area contributed by atoms with Crippen molar-refractivity contribution in [3.8, 4) is 29.1 Å². The lowest BCUT2D eigenvalue weighted by molar-refractivity contribution is 0.0955. The van der Waals surface area contributed by atoms with Crippen molar-refractivity contribution in [3.05, 3.63) is 56.8 Å². The van der Waals surface area contributed by atoms with E-state index in [1.807, 2.05) is 6.92 Å². The van der Waals surface area contributed by atoms with E-state index >= 15 is 0 Å². The van der Waals surface area contributed by atoms with Crippen molar-refractivity contribution < 1.29 is 23.7 Å². The number of nitrogens with zero attached hydrogens (tertiary/aromatic N) is 2. The Bertz CT molecular complexity index is 1180. The molecule has 9 heteroatoms. The van der Waals surface area contributed by atoms with Crippen LogP contribution in [-0.2, 0) is 11.3 Å². The van der Waals surface area contributed by atoms with Crippen molar-refractivity contribution in [2.75, 3.05) is 27.9 Å². The van der Waals surface area contributed by atoms with Gasteiger partial charge in [0.05, 0.1) is 45.5 Å². The highest BCUT2D eigenvalue weighted by molar-refractivity contribution is 5.61. The highest BCUT2D eigenvalue weighted by Gasteiger charge is 2.36. The molecule has 2 aliphatic rings. The van der Waals surface area contributed by atoms with Crippen LogP contribution in [-0.4, -0.2) is 38.6 Å². The van der Waals surface area contributed by atoms with Crippen LogP contribution >= 0.6 is 0 Å². The molecule has 0 saturated carbocycles. The predicted molar refractivity (Wildman–Crippen MR) is 120 cm³/mol. The van der Waals surface area contributed by atoms with E-state index in [2.05, 4.69) is 6.07 Å². The largest absolute Gasteiger partial charge is 0.493 e. The van der Waals surface area contributed by atoms with Gasteiger partial charge < -0.3 is 34.0 Å². The number of benzene rings is 1. The SMILES string of the molecule is COc1cc(C2C(C#N)=C(N)Oc3cc(C)n(CC4CCCO4)c(=O)c32)cc(OC)c1OC. The number of fused-ring (bicyclic) bond motifs is 1. The zero-order chi connectivity index (χ0) is 23.7. The molecule has 2 unspecified atom stereocenters. The fourth-order valence-electron chi connectivity index (χ4n) is 4.51. The summed E-state index contributed by atoms with van der Waals surface area (Å²) in [6, 6.07) is 7.34. The van der Waals surface area contributed by atoms with Crippen LogP contribution in [0.15, 0.2) is 34.4 Å². The highest BCUT2D eigenvalue weighted by Crippen LogP contribution is 2.46. The van der Waals surface area contributed by atoms with E-state index in [9.17, 15) is 10.1 Å². The molecule has 1 aromatic carbocycles. The number of hydrogen-bond acceptors (Lipinski definition) is 8.